The van der Waals surface area contributed by atoms with Gasteiger partial charge in [0.2, 0.25) is 5.91 Å². The quantitative estimate of drug-likeness (QED) is 0.889. The number of hydrogen-bond donors (Lipinski definition) is 2. The van der Waals surface area contributed by atoms with Gasteiger partial charge in [0.1, 0.15) is 0 Å². The molecule has 1 heterocycles. The van der Waals surface area contributed by atoms with Gasteiger partial charge in [-0.25, -0.2) is 4.79 Å². The van der Waals surface area contributed by atoms with Crippen LogP contribution in [0.15, 0.2) is 27.5 Å². The zero-order chi connectivity index (χ0) is 15.6. The summed E-state index contributed by atoms with van der Waals surface area (Å²) in [4.78, 5) is 26.4. The number of halogens is 1. The Kier molecular flexibility index (Phi) is 4.67. The molecular formula is C15H18BrN3O2. The molecular weight excluding hydrogens is 334 g/mol. The van der Waals surface area contributed by atoms with E-state index in [1.807, 2.05) is 39.0 Å². The minimum atomic E-state index is -0.169. The standard InChI is InChI=1S/C15H18BrN3O2/c1-9-8-12(4-5-13(9)16)18-14(20)6-7-19-11(3)10(2)17-15(19)21/h4-5,8H,6-7H2,1-3H3,(H,17,21)(H,18,20). The topological polar surface area (TPSA) is 66.9 Å². The highest BCUT2D eigenvalue weighted by Gasteiger charge is 2.09. The Morgan fingerprint density at radius 3 is 2.62 bits per heavy atom. The van der Waals surface area contributed by atoms with Gasteiger partial charge in [-0.05, 0) is 44.5 Å². The van der Waals surface area contributed by atoms with Crippen molar-refractivity contribution in [1.29, 1.82) is 0 Å². The Morgan fingerprint density at radius 1 is 1.33 bits per heavy atom. The molecule has 0 fully saturated rings. The van der Waals surface area contributed by atoms with Crippen LogP contribution in [-0.2, 0) is 11.3 Å². The van der Waals surface area contributed by atoms with Crippen LogP contribution in [-0.4, -0.2) is 15.5 Å². The second-order valence-corrected chi connectivity index (χ2v) is 5.91. The summed E-state index contributed by atoms with van der Waals surface area (Å²) in [6.45, 7) is 6.04. The van der Waals surface area contributed by atoms with Gasteiger partial charge in [0.15, 0.2) is 0 Å². The Morgan fingerprint density at radius 2 is 2.05 bits per heavy atom. The van der Waals surface area contributed by atoms with E-state index in [0.717, 1.165) is 27.1 Å². The highest BCUT2D eigenvalue weighted by molar-refractivity contribution is 9.10. The second kappa shape index (κ2) is 6.30. The Hall–Kier alpha value is -1.82. The van der Waals surface area contributed by atoms with Gasteiger partial charge in [0, 0.05) is 34.5 Å². The zero-order valence-electron chi connectivity index (χ0n) is 12.3. The van der Waals surface area contributed by atoms with Crippen LogP contribution >= 0.6 is 15.9 Å². The van der Waals surface area contributed by atoms with Crippen LogP contribution in [0.4, 0.5) is 5.69 Å². The fourth-order valence-electron chi connectivity index (χ4n) is 2.10. The largest absolute Gasteiger partial charge is 0.326 e. The molecule has 0 bridgehead atoms. The maximum atomic E-state index is 12.0. The van der Waals surface area contributed by atoms with Crippen molar-refractivity contribution in [2.75, 3.05) is 5.32 Å². The van der Waals surface area contributed by atoms with Crippen LogP contribution in [0.1, 0.15) is 23.4 Å². The molecule has 2 rings (SSSR count). The van der Waals surface area contributed by atoms with Gasteiger partial charge in [-0.1, -0.05) is 15.9 Å². The molecule has 0 atom stereocenters. The number of anilines is 1. The average molecular weight is 352 g/mol. The second-order valence-electron chi connectivity index (χ2n) is 5.05. The van der Waals surface area contributed by atoms with E-state index in [2.05, 4.69) is 26.2 Å². The van der Waals surface area contributed by atoms with E-state index in [-0.39, 0.29) is 18.0 Å². The number of imidazole rings is 1. The lowest BCUT2D eigenvalue weighted by atomic mass is 10.2. The van der Waals surface area contributed by atoms with E-state index >= 15 is 0 Å². The molecule has 0 saturated heterocycles. The SMILES string of the molecule is Cc1cc(NC(=O)CCn2c(C)c(C)[nH]c2=O)ccc1Br. The molecule has 1 amide bonds. The lowest BCUT2D eigenvalue weighted by Gasteiger charge is -2.08. The minimum absolute atomic E-state index is 0.109. The number of nitrogens with zero attached hydrogens (tertiary/aromatic N) is 1. The van der Waals surface area contributed by atoms with Gasteiger partial charge in [0.25, 0.3) is 0 Å². The third-order valence-corrected chi connectivity index (χ3v) is 4.38. The number of aromatic amines is 1. The molecule has 0 radical (unpaired) electrons. The lowest BCUT2D eigenvalue weighted by Crippen LogP contribution is -2.22. The highest BCUT2D eigenvalue weighted by atomic mass is 79.9. The average Bonchev–Trinajstić information content (AvgIpc) is 2.66. The molecule has 21 heavy (non-hydrogen) atoms. The molecule has 2 N–H and O–H groups in total. The summed E-state index contributed by atoms with van der Waals surface area (Å²) in [6, 6.07) is 5.64. The van der Waals surface area contributed by atoms with E-state index in [0.29, 0.717) is 6.54 Å². The molecule has 0 aliphatic rings. The summed E-state index contributed by atoms with van der Waals surface area (Å²) in [5, 5.41) is 2.84. The Balaban J connectivity index is 1.99. The first kappa shape index (κ1) is 15.6. The fourth-order valence-corrected chi connectivity index (χ4v) is 2.35. The van der Waals surface area contributed by atoms with Crippen LogP contribution in [0.5, 0.6) is 0 Å². The van der Waals surface area contributed by atoms with Crippen LogP contribution in [0.2, 0.25) is 0 Å². The normalized spacial score (nSPS) is 10.7. The smallest absolute Gasteiger partial charge is 0.325 e. The molecule has 2 aromatic rings. The molecule has 1 aromatic carbocycles. The number of benzene rings is 1. The van der Waals surface area contributed by atoms with Gasteiger partial charge >= 0.3 is 5.69 Å². The Bertz CT molecular complexity index is 731. The number of carbonyl (C=O) groups is 1. The summed E-state index contributed by atoms with van der Waals surface area (Å²) in [5.41, 5.74) is 3.35. The van der Waals surface area contributed by atoms with Gasteiger partial charge in [-0.3, -0.25) is 9.36 Å². The van der Waals surface area contributed by atoms with E-state index in [9.17, 15) is 9.59 Å². The van der Waals surface area contributed by atoms with Crippen LogP contribution in [0.3, 0.4) is 0 Å². The number of nitrogens with one attached hydrogen (secondary N) is 2. The van der Waals surface area contributed by atoms with Crippen LogP contribution in [0, 0.1) is 20.8 Å². The van der Waals surface area contributed by atoms with E-state index in [1.165, 1.54) is 0 Å². The number of H-pyrrole nitrogens is 1. The first-order valence-corrected chi connectivity index (χ1v) is 7.50. The molecule has 112 valence electrons. The predicted molar refractivity (Wildman–Crippen MR) is 86.7 cm³/mol. The molecule has 0 saturated carbocycles. The van der Waals surface area contributed by atoms with Crippen molar-refractivity contribution in [3.8, 4) is 0 Å². The third kappa shape index (κ3) is 3.64. The van der Waals surface area contributed by atoms with Crippen molar-refractivity contribution in [1.82, 2.24) is 9.55 Å². The molecule has 1 aromatic heterocycles. The van der Waals surface area contributed by atoms with Gasteiger partial charge in [0.05, 0.1) is 0 Å². The van der Waals surface area contributed by atoms with E-state index < -0.39 is 0 Å². The van der Waals surface area contributed by atoms with E-state index in [4.69, 9.17) is 0 Å². The summed E-state index contributed by atoms with van der Waals surface area (Å²) in [5.74, 6) is -0.109. The maximum absolute atomic E-state index is 12.0. The minimum Gasteiger partial charge on any atom is -0.326 e. The van der Waals surface area contributed by atoms with Gasteiger partial charge in [-0.2, -0.15) is 0 Å². The molecule has 0 spiro atoms. The Labute approximate surface area is 131 Å². The molecule has 0 aliphatic carbocycles. The highest BCUT2D eigenvalue weighted by Crippen LogP contribution is 2.20. The van der Waals surface area contributed by atoms with E-state index in [1.54, 1.807) is 4.57 Å². The summed E-state index contributed by atoms with van der Waals surface area (Å²) >= 11 is 3.42. The molecule has 5 nitrogen and oxygen atoms in total. The van der Waals surface area contributed by atoms with Crippen molar-refractivity contribution >= 4 is 27.5 Å². The number of aromatic nitrogens is 2. The molecule has 6 heteroatoms. The number of aryl methyl sites for hydroxylation is 2. The fraction of sp³-hybridized carbons (Fsp3) is 0.333. The van der Waals surface area contributed by atoms with Crippen molar-refractivity contribution in [3.05, 3.63) is 50.1 Å². The maximum Gasteiger partial charge on any atom is 0.325 e. The molecule has 0 unspecified atom stereocenters. The zero-order valence-corrected chi connectivity index (χ0v) is 13.9. The van der Waals surface area contributed by atoms with Crippen LogP contribution in [0.25, 0.3) is 0 Å². The molecule has 0 aliphatic heterocycles. The van der Waals surface area contributed by atoms with Crippen molar-refractivity contribution in [3.63, 3.8) is 0 Å². The number of amides is 1. The third-order valence-electron chi connectivity index (χ3n) is 3.49. The summed E-state index contributed by atoms with van der Waals surface area (Å²) < 4.78 is 2.59. The lowest BCUT2D eigenvalue weighted by molar-refractivity contribution is -0.116. The first-order chi connectivity index (χ1) is 9.88. The first-order valence-electron chi connectivity index (χ1n) is 6.70. The van der Waals surface area contributed by atoms with Crippen molar-refractivity contribution in [2.24, 2.45) is 0 Å². The van der Waals surface area contributed by atoms with Crippen LogP contribution < -0.4 is 11.0 Å². The van der Waals surface area contributed by atoms with Gasteiger partial charge in [-0.15, -0.1) is 0 Å². The summed E-state index contributed by atoms with van der Waals surface area (Å²) in [7, 11) is 0. The summed E-state index contributed by atoms with van der Waals surface area (Å²) in [6.07, 6.45) is 0.257. The number of carbonyl (C=O) groups excluding carboxylic acids is 1. The van der Waals surface area contributed by atoms with Crippen molar-refractivity contribution in [2.45, 2.75) is 33.7 Å². The monoisotopic (exact) mass is 351 g/mol. The van der Waals surface area contributed by atoms with Gasteiger partial charge < -0.3 is 10.3 Å². The predicted octanol–water partition coefficient (Wildman–Crippen LogP) is 2.89. The number of hydrogen-bond acceptors (Lipinski definition) is 2. The number of rotatable bonds is 4. The van der Waals surface area contributed by atoms with Crippen molar-refractivity contribution < 1.29 is 4.79 Å².